The van der Waals surface area contributed by atoms with Gasteiger partial charge in [-0.15, -0.1) is 5.73 Å². The zero-order valence-corrected chi connectivity index (χ0v) is 18.4. The number of benzene rings is 1. The van der Waals surface area contributed by atoms with Crippen LogP contribution < -0.4 is 0 Å². The van der Waals surface area contributed by atoms with Gasteiger partial charge in [-0.3, -0.25) is 4.79 Å². The Morgan fingerprint density at radius 3 is 2.39 bits per heavy atom. The van der Waals surface area contributed by atoms with Gasteiger partial charge in [-0.2, -0.15) is 8.42 Å². The highest BCUT2D eigenvalue weighted by atomic mass is 79.9. The number of ether oxygens (including phenoxy) is 2. The third-order valence-corrected chi connectivity index (χ3v) is 6.06. The fourth-order valence-corrected chi connectivity index (χ4v) is 3.92. The molecule has 0 bridgehead atoms. The maximum absolute atomic E-state index is 12.8. The van der Waals surface area contributed by atoms with E-state index < -0.39 is 21.7 Å². The molecule has 0 saturated carbocycles. The van der Waals surface area contributed by atoms with Crippen LogP contribution in [0.5, 0.6) is 0 Å². The van der Waals surface area contributed by atoms with Crippen LogP contribution in [0.25, 0.3) is 0 Å². The maximum Gasteiger partial charge on any atom is 0.339 e. The monoisotopic (exact) mass is 468 g/mol. The van der Waals surface area contributed by atoms with Crippen molar-refractivity contribution in [2.75, 3.05) is 13.7 Å². The minimum atomic E-state index is -4.12. The summed E-state index contributed by atoms with van der Waals surface area (Å²) < 4.78 is 41.8. The topological polar surface area (TPSA) is 78.9 Å². The number of aryl methyl sites for hydroxylation is 1. The van der Waals surface area contributed by atoms with Gasteiger partial charge in [0.2, 0.25) is 5.78 Å². The molecule has 0 fully saturated rings. The molecule has 6 nitrogen and oxygen atoms in total. The molecule has 8 heteroatoms. The molecule has 0 N–H and O–H groups in total. The van der Waals surface area contributed by atoms with Crippen LogP contribution in [0, 0.1) is 6.92 Å². The molecule has 28 heavy (non-hydrogen) atoms. The Morgan fingerprint density at radius 1 is 1.25 bits per heavy atom. The van der Waals surface area contributed by atoms with E-state index in [1.54, 1.807) is 19.1 Å². The number of Topliss-reactive ketones (excluding diaryl/α,β-unsaturated/α-hetero) is 1. The number of halogens is 1. The van der Waals surface area contributed by atoms with Gasteiger partial charge in [0.05, 0.1) is 11.1 Å². The minimum absolute atomic E-state index is 0.00538. The van der Waals surface area contributed by atoms with Crippen molar-refractivity contribution in [2.45, 2.75) is 31.5 Å². The lowest BCUT2D eigenvalue weighted by Crippen LogP contribution is -2.47. The third kappa shape index (κ3) is 4.37. The van der Waals surface area contributed by atoms with Crippen molar-refractivity contribution in [3.05, 3.63) is 69.6 Å². The molecule has 0 saturated heterocycles. The summed E-state index contributed by atoms with van der Waals surface area (Å²) in [7, 11) is -2.82. The van der Waals surface area contributed by atoms with E-state index >= 15 is 0 Å². The second-order valence-electron chi connectivity index (χ2n) is 6.23. The minimum Gasteiger partial charge on any atom is -0.379 e. The first-order chi connectivity index (χ1) is 13.1. The Hall–Kier alpha value is -1.96. The summed E-state index contributed by atoms with van der Waals surface area (Å²) >= 11 is 3.14. The third-order valence-electron chi connectivity index (χ3n) is 4.23. The average Bonchev–Trinajstić information content (AvgIpc) is 2.66. The smallest absolute Gasteiger partial charge is 0.339 e. The number of methoxy groups -OCH3 is 1. The van der Waals surface area contributed by atoms with E-state index in [0.717, 1.165) is 5.56 Å². The van der Waals surface area contributed by atoms with E-state index in [2.05, 4.69) is 28.2 Å². The molecule has 1 aromatic carbocycles. The normalized spacial score (nSPS) is 19.9. The second-order valence-corrected chi connectivity index (χ2v) is 8.63. The molecule has 1 atom stereocenters. The Balaban J connectivity index is 2.48. The van der Waals surface area contributed by atoms with Gasteiger partial charge < -0.3 is 13.7 Å². The highest BCUT2D eigenvalue weighted by Crippen LogP contribution is 2.38. The highest BCUT2D eigenvalue weighted by Gasteiger charge is 2.48. The zero-order valence-electron chi connectivity index (χ0n) is 16.0. The molecule has 1 aromatic rings. The molecule has 0 radical (unpaired) electrons. The van der Waals surface area contributed by atoms with E-state index in [4.69, 9.17) is 13.7 Å². The fourth-order valence-electron chi connectivity index (χ4n) is 2.48. The maximum atomic E-state index is 12.8. The van der Waals surface area contributed by atoms with Gasteiger partial charge in [-0.05, 0) is 54.4 Å². The van der Waals surface area contributed by atoms with Gasteiger partial charge in [-0.25, -0.2) is 0 Å². The first-order valence-electron chi connectivity index (χ1n) is 8.26. The number of carbonyl (C=O) groups is 1. The lowest BCUT2D eigenvalue weighted by molar-refractivity contribution is -0.194. The Morgan fingerprint density at radius 2 is 1.86 bits per heavy atom. The van der Waals surface area contributed by atoms with Gasteiger partial charge in [0.1, 0.15) is 10.7 Å². The number of ketones is 1. The van der Waals surface area contributed by atoms with Gasteiger partial charge >= 0.3 is 10.1 Å². The average molecular weight is 469 g/mol. The highest BCUT2D eigenvalue weighted by molar-refractivity contribution is 9.12. The van der Waals surface area contributed by atoms with Crippen molar-refractivity contribution in [3.63, 3.8) is 0 Å². The van der Waals surface area contributed by atoms with Gasteiger partial charge in [0, 0.05) is 18.8 Å². The Kier molecular flexibility index (Phi) is 6.85. The molecule has 0 spiro atoms. The Bertz CT molecular complexity index is 998. The lowest BCUT2D eigenvalue weighted by atomic mass is 9.96. The number of carbonyl (C=O) groups excluding carboxylic acids is 1. The summed E-state index contributed by atoms with van der Waals surface area (Å²) in [5, 5.41) is 0. The van der Waals surface area contributed by atoms with Crippen molar-refractivity contribution in [1.29, 1.82) is 0 Å². The lowest BCUT2D eigenvalue weighted by Gasteiger charge is -2.34. The summed E-state index contributed by atoms with van der Waals surface area (Å²) in [6, 6.07) is 6.23. The predicted molar refractivity (Wildman–Crippen MR) is 108 cm³/mol. The zero-order chi connectivity index (χ0) is 21.1. The van der Waals surface area contributed by atoms with E-state index in [-0.39, 0.29) is 27.3 Å². The summed E-state index contributed by atoms with van der Waals surface area (Å²) in [6.45, 7) is 8.63. The van der Waals surface area contributed by atoms with Crippen LogP contribution in [0.1, 0.15) is 19.4 Å². The molecule has 1 aliphatic carbocycles. The number of allylic oxidation sites excluding steroid dienone is 1. The van der Waals surface area contributed by atoms with Gasteiger partial charge in [-0.1, -0.05) is 24.3 Å². The van der Waals surface area contributed by atoms with Crippen molar-refractivity contribution >= 4 is 31.8 Å². The molecule has 0 amide bonds. The molecule has 0 aromatic heterocycles. The second kappa shape index (κ2) is 8.59. The molecule has 0 heterocycles. The first-order valence-corrected chi connectivity index (χ1v) is 10.5. The summed E-state index contributed by atoms with van der Waals surface area (Å²) in [5.74, 6) is -2.40. The number of hydrogen-bond donors (Lipinski definition) is 0. The van der Waals surface area contributed by atoms with Crippen LogP contribution in [0.3, 0.4) is 0 Å². The standard InChI is InChI=1S/C20H21BrO6S/c1-6-13(2)12-26-20(25-5)15(4)18(11-17(21)19(20)22)27-28(23,24)16-9-7-14(3)8-10-16/h7-11H,1,12H2,2-5H3. The van der Waals surface area contributed by atoms with Crippen molar-refractivity contribution in [1.82, 2.24) is 0 Å². The van der Waals surface area contributed by atoms with Crippen molar-refractivity contribution in [2.24, 2.45) is 0 Å². The molecule has 1 aliphatic rings. The number of hydrogen-bond acceptors (Lipinski definition) is 6. The largest absolute Gasteiger partial charge is 0.379 e. The molecule has 1 unspecified atom stereocenters. The molecular formula is C20H21BrO6S. The predicted octanol–water partition coefficient (Wildman–Crippen LogP) is 3.93. The molecule has 150 valence electrons. The molecule has 0 aliphatic heterocycles. The van der Waals surface area contributed by atoms with Crippen molar-refractivity contribution < 1.29 is 26.9 Å². The van der Waals surface area contributed by atoms with E-state index in [1.165, 1.54) is 32.2 Å². The van der Waals surface area contributed by atoms with Crippen LogP contribution in [-0.4, -0.2) is 33.7 Å². The molecular weight excluding hydrogens is 448 g/mol. The number of rotatable bonds is 7. The summed E-state index contributed by atoms with van der Waals surface area (Å²) in [4.78, 5) is 12.8. The van der Waals surface area contributed by atoms with Crippen LogP contribution in [0.15, 0.2) is 68.9 Å². The fraction of sp³-hybridized carbons (Fsp3) is 0.300. The van der Waals surface area contributed by atoms with Crippen LogP contribution in [-0.2, 0) is 28.6 Å². The van der Waals surface area contributed by atoms with Gasteiger partial charge in [0.15, 0.2) is 0 Å². The van der Waals surface area contributed by atoms with E-state index in [0.29, 0.717) is 5.57 Å². The summed E-state index contributed by atoms with van der Waals surface area (Å²) in [5.41, 5.74) is 4.41. The van der Waals surface area contributed by atoms with Crippen LogP contribution in [0.4, 0.5) is 0 Å². The van der Waals surface area contributed by atoms with Crippen molar-refractivity contribution in [3.8, 4) is 0 Å². The molecule has 2 rings (SSSR count). The van der Waals surface area contributed by atoms with E-state index in [1.807, 2.05) is 6.92 Å². The SMILES string of the molecule is C=C=C(C)COC1(OC)C(=O)C(Br)=CC(OS(=O)(=O)c2ccc(C)cc2)=C1C. The van der Waals surface area contributed by atoms with Crippen LogP contribution in [0.2, 0.25) is 0 Å². The van der Waals surface area contributed by atoms with Crippen LogP contribution >= 0.6 is 15.9 Å². The van der Waals surface area contributed by atoms with E-state index in [9.17, 15) is 13.2 Å². The first kappa shape index (κ1) is 22.3. The Labute approximate surface area is 173 Å². The van der Waals surface area contributed by atoms with Gasteiger partial charge in [0.25, 0.3) is 5.79 Å². The summed E-state index contributed by atoms with van der Waals surface area (Å²) in [6.07, 6.45) is 1.29. The quantitative estimate of drug-likeness (QED) is 0.342.